The maximum atomic E-state index is 13.0. The van der Waals surface area contributed by atoms with Crippen molar-refractivity contribution in [3.63, 3.8) is 0 Å². The molecular formula is C17H23FN2O. The Morgan fingerprint density at radius 2 is 2.10 bits per heavy atom. The number of benzene rings is 1. The Kier molecular flexibility index (Phi) is 4.24. The summed E-state index contributed by atoms with van der Waals surface area (Å²) in [6.45, 7) is 2.93. The monoisotopic (exact) mass is 290 g/mol. The van der Waals surface area contributed by atoms with E-state index in [1.807, 2.05) is 0 Å². The van der Waals surface area contributed by atoms with E-state index in [4.69, 9.17) is 0 Å². The molecule has 3 rings (SSSR count). The molecule has 0 bridgehead atoms. The minimum absolute atomic E-state index is 0.109. The fourth-order valence-electron chi connectivity index (χ4n) is 3.27. The van der Waals surface area contributed by atoms with Crippen LogP contribution in [0.2, 0.25) is 0 Å². The highest BCUT2D eigenvalue weighted by Crippen LogP contribution is 2.48. The van der Waals surface area contributed by atoms with Gasteiger partial charge in [0.15, 0.2) is 0 Å². The number of rotatable bonds is 5. The van der Waals surface area contributed by atoms with Crippen LogP contribution < -0.4 is 10.6 Å². The molecule has 21 heavy (non-hydrogen) atoms. The van der Waals surface area contributed by atoms with E-state index in [2.05, 4.69) is 10.6 Å². The Morgan fingerprint density at radius 3 is 2.71 bits per heavy atom. The molecule has 1 aliphatic heterocycles. The fraction of sp³-hybridized carbons (Fsp3) is 0.588. The fourth-order valence-corrected chi connectivity index (χ4v) is 3.27. The Labute approximate surface area is 125 Å². The first-order chi connectivity index (χ1) is 10.2. The standard InChI is InChI=1S/C17H23FN2O/c18-15-5-3-14(4-6-15)17(8-9-17)16(21)20-11-7-13-2-1-10-19-12-13/h3-6,13,19H,1-2,7-12H2,(H,20,21). The third-order valence-corrected chi connectivity index (χ3v) is 4.82. The summed E-state index contributed by atoms with van der Waals surface area (Å²) in [4.78, 5) is 12.4. The van der Waals surface area contributed by atoms with Gasteiger partial charge < -0.3 is 10.6 Å². The van der Waals surface area contributed by atoms with Crippen LogP contribution in [-0.2, 0) is 10.2 Å². The predicted molar refractivity (Wildman–Crippen MR) is 80.5 cm³/mol. The number of hydrogen-bond donors (Lipinski definition) is 2. The predicted octanol–water partition coefficient (Wildman–Crippen LogP) is 2.36. The number of carbonyl (C=O) groups excluding carboxylic acids is 1. The highest BCUT2D eigenvalue weighted by atomic mass is 19.1. The zero-order valence-electron chi connectivity index (χ0n) is 12.3. The van der Waals surface area contributed by atoms with Gasteiger partial charge in [-0.2, -0.15) is 0 Å². The van der Waals surface area contributed by atoms with E-state index in [-0.39, 0.29) is 11.7 Å². The van der Waals surface area contributed by atoms with Crippen molar-refractivity contribution in [2.24, 2.45) is 5.92 Å². The molecular weight excluding hydrogens is 267 g/mol. The van der Waals surface area contributed by atoms with Gasteiger partial charge >= 0.3 is 0 Å². The summed E-state index contributed by atoms with van der Waals surface area (Å²) in [7, 11) is 0. The summed E-state index contributed by atoms with van der Waals surface area (Å²) in [6.07, 6.45) is 5.27. The molecule has 4 heteroatoms. The minimum atomic E-state index is -0.390. The van der Waals surface area contributed by atoms with Gasteiger partial charge in [0.2, 0.25) is 5.91 Å². The van der Waals surface area contributed by atoms with Crippen LogP contribution in [0.5, 0.6) is 0 Å². The van der Waals surface area contributed by atoms with Gasteiger partial charge in [-0.05, 0) is 68.8 Å². The Hall–Kier alpha value is -1.42. The molecule has 3 nitrogen and oxygen atoms in total. The van der Waals surface area contributed by atoms with Crippen LogP contribution in [0.1, 0.15) is 37.7 Å². The first-order valence-corrected chi connectivity index (χ1v) is 7.96. The molecule has 2 fully saturated rings. The van der Waals surface area contributed by atoms with Gasteiger partial charge in [-0.25, -0.2) is 4.39 Å². The highest BCUT2D eigenvalue weighted by Gasteiger charge is 2.51. The molecule has 1 aromatic rings. The van der Waals surface area contributed by atoms with E-state index in [0.717, 1.165) is 44.5 Å². The quantitative estimate of drug-likeness (QED) is 0.874. The lowest BCUT2D eigenvalue weighted by molar-refractivity contribution is -0.123. The van der Waals surface area contributed by atoms with Crippen LogP contribution in [0.25, 0.3) is 0 Å². The van der Waals surface area contributed by atoms with Crippen LogP contribution in [-0.4, -0.2) is 25.5 Å². The number of nitrogens with one attached hydrogen (secondary N) is 2. The van der Waals surface area contributed by atoms with E-state index < -0.39 is 5.41 Å². The maximum Gasteiger partial charge on any atom is 0.230 e. The molecule has 1 saturated heterocycles. The summed E-state index contributed by atoms with van der Waals surface area (Å²) in [5.41, 5.74) is 0.555. The summed E-state index contributed by atoms with van der Waals surface area (Å²) in [5, 5.41) is 6.48. The zero-order valence-corrected chi connectivity index (χ0v) is 12.3. The van der Waals surface area contributed by atoms with Crippen LogP contribution in [0.4, 0.5) is 4.39 Å². The first kappa shape index (κ1) is 14.5. The SMILES string of the molecule is O=C(NCCC1CCCNC1)C1(c2ccc(F)cc2)CC1. The Morgan fingerprint density at radius 1 is 1.33 bits per heavy atom. The molecule has 2 N–H and O–H groups in total. The lowest BCUT2D eigenvalue weighted by Gasteiger charge is -2.23. The maximum absolute atomic E-state index is 13.0. The van der Waals surface area contributed by atoms with Crippen LogP contribution >= 0.6 is 0 Å². The molecule has 0 aromatic heterocycles. The lowest BCUT2D eigenvalue weighted by atomic mass is 9.94. The van der Waals surface area contributed by atoms with Crippen molar-refractivity contribution in [1.82, 2.24) is 10.6 Å². The third-order valence-electron chi connectivity index (χ3n) is 4.82. The smallest absolute Gasteiger partial charge is 0.230 e. The first-order valence-electron chi connectivity index (χ1n) is 7.96. The minimum Gasteiger partial charge on any atom is -0.355 e. The largest absolute Gasteiger partial charge is 0.355 e. The molecule has 2 aliphatic rings. The van der Waals surface area contributed by atoms with Crippen molar-refractivity contribution in [3.05, 3.63) is 35.6 Å². The lowest BCUT2D eigenvalue weighted by Crippen LogP contribution is -2.37. The van der Waals surface area contributed by atoms with Crippen LogP contribution in [0.15, 0.2) is 24.3 Å². The molecule has 1 amide bonds. The molecule has 1 unspecified atom stereocenters. The Balaban J connectivity index is 1.51. The summed E-state index contributed by atoms with van der Waals surface area (Å²) >= 11 is 0. The molecule has 1 saturated carbocycles. The summed E-state index contributed by atoms with van der Waals surface area (Å²) in [5.74, 6) is 0.539. The molecule has 0 spiro atoms. The number of hydrogen-bond acceptors (Lipinski definition) is 2. The molecule has 114 valence electrons. The number of piperidine rings is 1. The number of carbonyl (C=O) groups is 1. The van der Waals surface area contributed by atoms with Gasteiger partial charge in [0.25, 0.3) is 0 Å². The highest BCUT2D eigenvalue weighted by molar-refractivity contribution is 5.91. The number of halogens is 1. The average Bonchev–Trinajstić information content (AvgIpc) is 3.31. The zero-order chi connectivity index (χ0) is 14.7. The van der Waals surface area contributed by atoms with Crippen molar-refractivity contribution in [2.75, 3.05) is 19.6 Å². The van der Waals surface area contributed by atoms with E-state index in [1.54, 1.807) is 12.1 Å². The second kappa shape index (κ2) is 6.14. The molecule has 1 atom stereocenters. The van der Waals surface area contributed by atoms with Gasteiger partial charge in [0.05, 0.1) is 5.41 Å². The average molecular weight is 290 g/mol. The van der Waals surface area contributed by atoms with Gasteiger partial charge in [-0.15, -0.1) is 0 Å². The van der Waals surface area contributed by atoms with Crippen molar-refractivity contribution in [3.8, 4) is 0 Å². The van der Waals surface area contributed by atoms with Crippen molar-refractivity contribution < 1.29 is 9.18 Å². The topological polar surface area (TPSA) is 41.1 Å². The van der Waals surface area contributed by atoms with E-state index in [9.17, 15) is 9.18 Å². The second-order valence-electron chi connectivity index (χ2n) is 6.35. The van der Waals surface area contributed by atoms with Gasteiger partial charge in [-0.3, -0.25) is 4.79 Å². The van der Waals surface area contributed by atoms with Gasteiger partial charge in [0.1, 0.15) is 5.82 Å². The van der Waals surface area contributed by atoms with Crippen molar-refractivity contribution in [2.45, 2.75) is 37.5 Å². The molecule has 1 heterocycles. The van der Waals surface area contributed by atoms with Crippen LogP contribution in [0, 0.1) is 11.7 Å². The summed E-state index contributed by atoms with van der Waals surface area (Å²) < 4.78 is 13.0. The number of amides is 1. The van der Waals surface area contributed by atoms with E-state index in [0.29, 0.717) is 5.92 Å². The van der Waals surface area contributed by atoms with Crippen molar-refractivity contribution in [1.29, 1.82) is 0 Å². The molecule has 1 aliphatic carbocycles. The van der Waals surface area contributed by atoms with E-state index >= 15 is 0 Å². The van der Waals surface area contributed by atoms with Gasteiger partial charge in [0, 0.05) is 6.54 Å². The van der Waals surface area contributed by atoms with Crippen LogP contribution in [0.3, 0.4) is 0 Å². The molecule has 1 aromatic carbocycles. The van der Waals surface area contributed by atoms with Gasteiger partial charge in [-0.1, -0.05) is 12.1 Å². The van der Waals surface area contributed by atoms with Crippen molar-refractivity contribution >= 4 is 5.91 Å². The van der Waals surface area contributed by atoms with E-state index in [1.165, 1.54) is 25.0 Å². The second-order valence-corrected chi connectivity index (χ2v) is 6.35. The Bertz CT molecular complexity index is 490. The normalized spacial score (nSPS) is 23.6. The molecule has 0 radical (unpaired) electrons. The third kappa shape index (κ3) is 3.26. The summed E-state index contributed by atoms with van der Waals surface area (Å²) in [6, 6.07) is 6.37.